The van der Waals surface area contributed by atoms with Crippen molar-refractivity contribution in [2.75, 3.05) is 31.5 Å². The molecule has 166 valence electrons. The van der Waals surface area contributed by atoms with Gasteiger partial charge in [-0.05, 0) is 57.0 Å². The number of thiazole rings is 1. The van der Waals surface area contributed by atoms with E-state index in [4.69, 9.17) is 6.42 Å². The predicted octanol–water partition coefficient (Wildman–Crippen LogP) is 0.842. The van der Waals surface area contributed by atoms with Crippen molar-refractivity contribution in [2.24, 2.45) is 0 Å². The van der Waals surface area contributed by atoms with Crippen LogP contribution in [0.15, 0.2) is 29.1 Å². The van der Waals surface area contributed by atoms with Gasteiger partial charge in [0.25, 0.3) is 11.5 Å². The molecule has 1 aromatic carbocycles. The van der Waals surface area contributed by atoms with Crippen molar-refractivity contribution in [3.8, 4) is 18.4 Å². The lowest BCUT2D eigenvalue weighted by molar-refractivity contribution is -0.115. The predicted molar refractivity (Wildman–Crippen MR) is 128 cm³/mol. The topological polar surface area (TPSA) is 90.2 Å². The number of carbonyl (C=O) groups is 1. The summed E-state index contributed by atoms with van der Waals surface area (Å²) in [6.45, 7) is 5.57. The van der Waals surface area contributed by atoms with Crippen LogP contribution in [0.1, 0.15) is 25.3 Å². The van der Waals surface area contributed by atoms with Gasteiger partial charge in [-0.25, -0.2) is 0 Å². The van der Waals surface area contributed by atoms with Gasteiger partial charge < -0.3 is 15.5 Å². The van der Waals surface area contributed by atoms with Crippen LogP contribution in [0.3, 0.4) is 0 Å². The van der Waals surface area contributed by atoms with E-state index in [1.54, 1.807) is 13.1 Å². The first-order valence-corrected chi connectivity index (χ1v) is 11.5. The number of nitrogens with one attached hydrogen (secondary N) is 2. The fourth-order valence-corrected chi connectivity index (χ4v) is 4.75. The first kappa shape index (κ1) is 23.3. The number of terminal acetylenes is 1. The zero-order valence-corrected chi connectivity index (χ0v) is 19.0. The smallest absolute Gasteiger partial charge is 0.270 e. The van der Waals surface area contributed by atoms with Gasteiger partial charge in [0.2, 0.25) is 0 Å². The highest BCUT2D eigenvalue weighted by Gasteiger charge is 2.15. The van der Waals surface area contributed by atoms with E-state index in [2.05, 4.69) is 33.6 Å². The van der Waals surface area contributed by atoms with Crippen LogP contribution in [0.5, 0.6) is 0 Å². The molecule has 0 atom stereocenters. The lowest BCUT2D eigenvalue weighted by Crippen LogP contribution is -2.34. The summed E-state index contributed by atoms with van der Waals surface area (Å²) in [6.07, 6.45) is 10.4. The Bertz CT molecular complexity index is 1220. The molecule has 3 rings (SSSR count). The fraction of sp³-hybridized carbons (Fsp3) is 0.375. The average molecular weight is 450 g/mol. The number of likely N-dealkylation sites (tertiary alicyclic amines) is 1. The number of benzene rings is 1. The van der Waals surface area contributed by atoms with Crippen molar-refractivity contribution in [3.05, 3.63) is 49.4 Å². The number of carbonyl (C=O) groups excluding carboxylic acids is 1. The molecule has 0 spiro atoms. The normalized spacial score (nSPS) is 15.2. The van der Waals surface area contributed by atoms with Crippen LogP contribution in [0.25, 0.3) is 11.8 Å². The quantitative estimate of drug-likeness (QED) is 0.583. The molecule has 32 heavy (non-hydrogen) atoms. The van der Waals surface area contributed by atoms with Gasteiger partial charge in [-0.2, -0.15) is 5.26 Å². The van der Waals surface area contributed by atoms with E-state index in [1.165, 1.54) is 36.1 Å². The highest BCUT2D eigenvalue weighted by molar-refractivity contribution is 7.07. The Balaban J connectivity index is 1.85. The van der Waals surface area contributed by atoms with Crippen LogP contribution >= 0.6 is 11.3 Å². The highest BCUT2D eigenvalue weighted by atomic mass is 32.1. The van der Waals surface area contributed by atoms with Crippen LogP contribution in [0, 0.1) is 23.7 Å². The third-order valence-corrected chi connectivity index (χ3v) is 6.47. The average Bonchev–Trinajstić information content (AvgIpc) is 3.43. The van der Waals surface area contributed by atoms with Crippen LogP contribution in [0.2, 0.25) is 0 Å². The number of anilines is 1. The molecule has 1 aromatic heterocycles. The Kier molecular flexibility index (Phi) is 8.27. The highest BCUT2D eigenvalue weighted by Crippen LogP contribution is 2.13. The van der Waals surface area contributed by atoms with E-state index in [0.29, 0.717) is 15.7 Å². The van der Waals surface area contributed by atoms with Crippen LogP contribution in [0.4, 0.5) is 5.69 Å². The van der Waals surface area contributed by atoms with E-state index in [0.717, 1.165) is 30.0 Å². The lowest BCUT2D eigenvalue weighted by atomic mass is 10.1. The number of hydrogen-bond acceptors (Lipinski definition) is 6. The van der Waals surface area contributed by atoms with Gasteiger partial charge in [-0.3, -0.25) is 14.2 Å². The van der Waals surface area contributed by atoms with E-state index >= 15 is 0 Å². The summed E-state index contributed by atoms with van der Waals surface area (Å²) in [7, 11) is 0. The molecule has 8 heteroatoms. The van der Waals surface area contributed by atoms with Gasteiger partial charge in [0.05, 0.1) is 6.54 Å². The number of nitriles is 1. The van der Waals surface area contributed by atoms with E-state index in [-0.39, 0.29) is 17.7 Å². The molecule has 0 bridgehead atoms. The number of rotatable bonds is 8. The second-order valence-electron chi connectivity index (χ2n) is 7.48. The van der Waals surface area contributed by atoms with Crippen molar-refractivity contribution in [3.63, 3.8) is 0 Å². The number of nitrogens with zero attached hydrogens (tertiary/aromatic N) is 3. The maximum absolute atomic E-state index is 12.8. The van der Waals surface area contributed by atoms with Crippen LogP contribution in [-0.2, 0) is 17.8 Å². The fourth-order valence-electron chi connectivity index (χ4n) is 3.67. The molecule has 2 aromatic rings. The molecule has 2 heterocycles. The van der Waals surface area contributed by atoms with E-state index < -0.39 is 5.91 Å². The Labute approximate surface area is 191 Å². The number of hydrogen-bond donors (Lipinski definition) is 2. The molecule has 0 aliphatic carbocycles. The Morgan fingerprint density at radius 2 is 2.12 bits per heavy atom. The van der Waals surface area contributed by atoms with Gasteiger partial charge in [0.15, 0.2) is 5.57 Å². The van der Waals surface area contributed by atoms with Crippen molar-refractivity contribution in [1.29, 1.82) is 5.26 Å². The van der Waals surface area contributed by atoms with Crippen molar-refractivity contribution >= 4 is 34.7 Å². The molecule has 1 amide bonds. The molecule has 1 aliphatic heterocycles. The number of amides is 1. The molecule has 0 radical (unpaired) electrons. The van der Waals surface area contributed by atoms with Gasteiger partial charge in [-0.1, -0.05) is 18.1 Å². The Morgan fingerprint density at radius 3 is 2.81 bits per heavy atom. The summed E-state index contributed by atoms with van der Waals surface area (Å²) < 4.78 is 2.17. The summed E-state index contributed by atoms with van der Waals surface area (Å²) in [5.74, 6) is 1.72. The summed E-state index contributed by atoms with van der Waals surface area (Å²) in [6, 6.07) is 10.0. The van der Waals surface area contributed by atoms with Gasteiger partial charge in [0, 0.05) is 25.0 Å². The third-order valence-electron chi connectivity index (χ3n) is 5.34. The second kappa shape index (κ2) is 11.3. The molecule has 2 N–H and O–H groups in total. The first-order valence-electron chi connectivity index (χ1n) is 10.7. The SMILES string of the molecule is C#CCNC(=O)C(C#N)=c1sc(=CNc2cccc(CCN3CCCC3)c2)c(=O)n1CC. The van der Waals surface area contributed by atoms with Crippen molar-refractivity contribution < 1.29 is 4.79 Å². The zero-order chi connectivity index (χ0) is 22.9. The van der Waals surface area contributed by atoms with Crippen molar-refractivity contribution in [2.45, 2.75) is 32.7 Å². The Morgan fingerprint density at radius 1 is 1.34 bits per heavy atom. The van der Waals surface area contributed by atoms with Gasteiger partial charge in [-0.15, -0.1) is 17.8 Å². The monoisotopic (exact) mass is 449 g/mol. The standard InChI is InChI=1S/C24H27N5O2S/c1-3-11-26-22(30)20(16-25)24-29(4-2)23(31)21(32-24)17-27-19-9-7-8-18(15-19)10-14-28-12-5-6-13-28/h1,7-9,15,17,27H,4-6,10-14H2,2H3,(H,26,30). The Hall–Kier alpha value is -3.33. The molecule has 1 saturated heterocycles. The summed E-state index contributed by atoms with van der Waals surface area (Å²) in [5, 5.41) is 15.2. The minimum absolute atomic E-state index is 0.0143. The molecule has 0 saturated carbocycles. The summed E-state index contributed by atoms with van der Waals surface area (Å²) in [5.41, 5.74) is 1.76. The second-order valence-corrected chi connectivity index (χ2v) is 8.51. The molecule has 7 nitrogen and oxygen atoms in total. The first-order chi connectivity index (χ1) is 15.6. The minimum Gasteiger partial charge on any atom is -0.360 e. The van der Waals surface area contributed by atoms with Crippen LogP contribution in [-0.4, -0.2) is 41.6 Å². The van der Waals surface area contributed by atoms with Gasteiger partial charge in [0.1, 0.15) is 15.3 Å². The van der Waals surface area contributed by atoms with Gasteiger partial charge >= 0.3 is 0 Å². The molecule has 1 fully saturated rings. The minimum atomic E-state index is -0.584. The molecule has 0 unspecified atom stereocenters. The van der Waals surface area contributed by atoms with Crippen molar-refractivity contribution in [1.82, 2.24) is 14.8 Å². The zero-order valence-electron chi connectivity index (χ0n) is 18.2. The van der Waals surface area contributed by atoms with E-state index in [1.807, 2.05) is 18.2 Å². The molecule has 1 aliphatic rings. The molecular weight excluding hydrogens is 422 g/mol. The largest absolute Gasteiger partial charge is 0.360 e. The summed E-state index contributed by atoms with van der Waals surface area (Å²) >= 11 is 1.11. The lowest BCUT2D eigenvalue weighted by Gasteiger charge is -2.14. The van der Waals surface area contributed by atoms with E-state index in [9.17, 15) is 14.9 Å². The maximum Gasteiger partial charge on any atom is 0.270 e. The molecular formula is C24H27N5O2S. The maximum atomic E-state index is 12.8. The van der Waals surface area contributed by atoms with Crippen LogP contribution < -0.4 is 25.4 Å². The third kappa shape index (κ3) is 5.67. The number of aromatic nitrogens is 1. The summed E-state index contributed by atoms with van der Waals surface area (Å²) in [4.78, 5) is 27.6.